The molecule has 1 amide bonds. The van der Waals surface area contributed by atoms with Gasteiger partial charge in [0.05, 0.1) is 16.4 Å². The molecule has 5 rings (SSSR count). The minimum Gasteiger partial charge on any atom is -0.471 e. The van der Waals surface area contributed by atoms with E-state index < -0.39 is 5.82 Å². The fourth-order valence-corrected chi connectivity index (χ4v) is 3.79. The highest BCUT2D eigenvalue weighted by molar-refractivity contribution is 6.30. The van der Waals surface area contributed by atoms with Crippen LogP contribution in [0.1, 0.15) is 16.1 Å². The second kappa shape index (κ2) is 10.5. The lowest BCUT2D eigenvalue weighted by Crippen LogP contribution is -2.23. The second-order valence-electron chi connectivity index (χ2n) is 7.92. The first-order chi connectivity index (χ1) is 17.6. The van der Waals surface area contributed by atoms with Crippen LogP contribution in [0, 0.1) is 5.82 Å². The number of amides is 1. The van der Waals surface area contributed by atoms with Gasteiger partial charge in [0.25, 0.3) is 5.91 Å². The summed E-state index contributed by atoms with van der Waals surface area (Å²) in [5, 5.41) is 11.9. The van der Waals surface area contributed by atoms with Crippen molar-refractivity contribution in [2.45, 2.75) is 13.3 Å². The Labute approximate surface area is 211 Å². The maximum atomic E-state index is 13.3. The van der Waals surface area contributed by atoms with Crippen LogP contribution >= 0.6 is 11.6 Å². The summed E-state index contributed by atoms with van der Waals surface area (Å²) >= 11 is 5.78. The third-order valence-corrected chi connectivity index (χ3v) is 5.71. The molecule has 0 radical (unpaired) electrons. The number of nitrogens with zero attached hydrogens (tertiary/aromatic N) is 4. The summed E-state index contributed by atoms with van der Waals surface area (Å²) in [6.07, 6.45) is 3.54. The number of aromatic nitrogens is 4. The van der Waals surface area contributed by atoms with Crippen LogP contribution in [0.15, 0.2) is 97.3 Å². The lowest BCUT2D eigenvalue weighted by atomic mass is 10.1. The van der Waals surface area contributed by atoms with Crippen molar-refractivity contribution in [3.05, 3.63) is 119 Å². The minimum atomic E-state index is -0.521. The molecule has 0 saturated heterocycles. The Kier molecular flexibility index (Phi) is 6.77. The van der Waals surface area contributed by atoms with Crippen molar-refractivity contribution in [2.75, 3.05) is 0 Å². The molecule has 5 aromatic rings. The van der Waals surface area contributed by atoms with E-state index in [0.29, 0.717) is 5.75 Å². The van der Waals surface area contributed by atoms with E-state index >= 15 is 0 Å². The molecule has 0 bridgehead atoms. The average molecular weight is 502 g/mol. The number of carbonyl (C=O) groups excluding carboxylic acids is 1. The highest BCUT2D eigenvalue weighted by atomic mass is 35.5. The van der Waals surface area contributed by atoms with Crippen molar-refractivity contribution in [3.8, 4) is 22.7 Å². The van der Waals surface area contributed by atoms with Gasteiger partial charge in [-0.1, -0.05) is 60.1 Å². The van der Waals surface area contributed by atoms with E-state index in [1.54, 1.807) is 16.9 Å². The highest BCUT2D eigenvalue weighted by Crippen LogP contribution is 2.24. The van der Waals surface area contributed by atoms with Crippen LogP contribution in [0.2, 0.25) is 5.02 Å². The standard InChI is InChI=1S/C27H21ClFN5O2/c28-23-15-22(11-12-24(23)29)36-18-33-14-13-25(31-33)27(35)30-16-20-17-34(21-9-5-2-6-10-21)32-26(20)19-7-3-1-4-8-19/h1-15,17H,16,18H2,(H,30,35). The first kappa shape index (κ1) is 23.3. The van der Waals surface area contributed by atoms with Gasteiger partial charge in [0, 0.05) is 36.1 Å². The van der Waals surface area contributed by atoms with Crippen LogP contribution in [0.5, 0.6) is 5.75 Å². The Balaban J connectivity index is 1.27. The van der Waals surface area contributed by atoms with E-state index in [0.717, 1.165) is 22.5 Å². The SMILES string of the molecule is O=C(NCc1cn(-c2ccccc2)nc1-c1ccccc1)c1ccn(COc2ccc(F)c(Cl)c2)n1. The zero-order valence-electron chi connectivity index (χ0n) is 19.0. The Morgan fingerprint density at radius 2 is 1.72 bits per heavy atom. The number of carbonyl (C=O) groups is 1. The van der Waals surface area contributed by atoms with Gasteiger partial charge in [-0.15, -0.1) is 0 Å². The van der Waals surface area contributed by atoms with Crippen molar-refractivity contribution in [1.29, 1.82) is 0 Å². The predicted molar refractivity (Wildman–Crippen MR) is 134 cm³/mol. The van der Waals surface area contributed by atoms with Gasteiger partial charge >= 0.3 is 0 Å². The average Bonchev–Trinajstić information content (AvgIpc) is 3.57. The molecule has 0 aliphatic carbocycles. The van der Waals surface area contributed by atoms with Gasteiger partial charge in [-0.3, -0.25) is 4.79 Å². The number of para-hydroxylation sites is 1. The molecule has 2 aromatic heterocycles. The molecule has 3 aromatic carbocycles. The first-order valence-corrected chi connectivity index (χ1v) is 11.5. The number of hydrogen-bond acceptors (Lipinski definition) is 4. The summed E-state index contributed by atoms with van der Waals surface area (Å²) in [7, 11) is 0. The quantitative estimate of drug-likeness (QED) is 0.305. The van der Waals surface area contributed by atoms with Gasteiger partial charge < -0.3 is 10.1 Å². The molecule has 0 fully saturated rings. The lowest BCUT2D eigenvalue weighted by Gasteiger charge is -2.07. The summed E-state index contributed by atoms with van der Waals surface area (Å²) in [4.78, 5) is 12.8. The van der Waals surface area contributed by atoms with E-state index in [9.17, 15) is 9.18 Å². The first-order valence-electron chi connectivity index (χ1n) is 11.2. The summed E-state index contributed by atoms with van der Waals surface area (Å²) in [5.41, 5.74) is 3.78. The van der Waals surface area contributed by atoms with Gasteiger partial charge in [-0.05, 0) is 30.3 Å². The van der Waals surface area contributed by atoms with Crippen LogP contribution in [-0.2, 0) is 13.3 Å². The monoisotopic (exact) mass is 501 g/mol. The topological polar surface area (TPSA) is 74.0 Å². The van der Waals surface area contributed by atoms with Crippen molar-refractivity contribution in [1.82, 2.24) is 24.9 Å². The van der Waals surface area contributed by atoms with Gasteiger partial charge in [0.1, 0.15) is 17.3 Å². The van der Waals surface area contributed by atoms with Crippen LogP contribution in [-0.4, -0.2) is 25.5 Å². The number of benzene rings is 3. The van der Waals surface area contributed by atoms with Crippen LogP contribution in [0.3, 0.4) is 0 Å². The van der Waals surface area contributed by atoms with Crippen LogP contribution < -0.4 is 10.1 Å². The maximum absolute atomic E-state index is 13.3. The maximum Gasteiger partial charge on any atom is 0.272 e. The Morgan fingerprint density at radius 3 is 2.47 bits per heavy atom. The highest BCUT2D eigenvalue weighted by Gasteiger charge is 2.15. The van der Waals surface area contributed by atoms with Gasteiger partial charge in [-0.2, -0.15) is 10.2 Å². The van der Waals surface area contributed by atoms with Gasteiger partial charge in [-0.25, -0.2) is 13.8 Å². The molecule has 36 heavy (non-hydrogen) atoms. The molecule has 1 N–H and O–H groups in total. The van der Waals surface area contributed by atoms with Crippen LogP contribution in [0.25, 0.3) is 16.9 Å². The Hall–Kier alpha value is -4.43. The molecule has 0 atom stereocenters. The largest absolute Gasteiger partial charge is 0.471 e. The number of nitrogens with one attached hydrogen (secondary N) is 1. The molecule has 2 heterocycles. The fraction of sp³-hybridized carbons (Fsp3) is 0.0741. The smallest absolute Gasteiger partial charge is 0.272 e. The molecule has 180 valence electrons. The molecule has 0 saturated carbocycles. The van der Waals surface area contributed by atoms with Crippen molar-refractivity contribution >= 4 is 17.5 Å². The molecule has 0 spiro atoms. The molecule has 0 aliphatic heterocycles. The van der Waals surface area contributed by atoms with Crippen molar-refractivity contribution in [3.63, 3.8) is 0 Å². The van der Waals surface area contributed by atoms with E-state index in [1.807, 2.05) is 66.9 Å². The van der Waals surface area contributed by atoms with Gasteiger partial charge in [0.15, 0.2) is 6.73 Å². The van der Waals surface area contributed by atoms with Gasteiger partial charge in [0.2, 0.25) is 0 Å². The molecule has 0 aliphatic rings. The molecular weight excluding hydrogens is 481 g/mol. The number of halogens is 2. The molecule has 7 nitrogen and oxygen atoms in total. The summed E-state index contributed by atoms with van der Waals surface area (Å²) < 4.78 is 22.1. The van der Waals surface area contributed by atoms with E-state index in [2.05, 4.69) is 10.4 Å². The van der Waals surface area contributed by atoms with Crippen molar-refractivity contribution in [2.24, 2.45) is 0 Å². The summed E-state index contributed by atoms with van der Waals surface area (Å²) in [6, 6.07) is 25.3. The molecule has 9 heteroatoms. The normalized spacial score (nSPS) is 10.8. The Morgan fingerprint density at radius 1 is 0.972 bits per heavy atom. The molecule has 0 unspecified atom stereocenters. The van der Waals surface area contributed by atoms with Crippen molar-refractivity contribution < 1.29 is 13.9 Å². The summed E-state index contributed by atoms with van der Waals surface area (Å²) in [6.45, 7) is 0.310. The number of ether oxygens (including phenoxy) is 1. The number of hydrogen-bond donors (Lipinski definition) is 1. The minimum absolute atomic E-state index is 0.0292. The second-order valence-corrected chi connectivity index (χ2v) is 8.33. The summed E-state index contributed by atoms with van der Waals surface area (Å²) in [5.74, 6) is -0.455. The zero-order chi connectivity index (χ0) is 24.9. The lowest BCUT2D eigenvalue weighted by molar-refractivity contribution is 0.0944. The zero-order valence-corrected chi connectivity index (χ0v) is 19.8. The Bertz CT molecular complexity index is 1480. The third kappa shape index (κ3) is 5.29. The van der Waals surface area contributed by atoms with E-state index in [1.165, 1.54) is 22.9 Å². The van der Waals surface area contributed by atoms with Crippen LogP contribution in [0.4, 0.5) is 4.39 Å². The van der Waals surface area contributed by atoms with E-state index in [4.69, 9.17) is 21.4 Å². The third-order valence-electron chi connectivity index (χ3n) is 5.43. The van der Waals surface area contributed by atoms with E-state index in [-0.39, 0.29) is 29.9 Å². The predicted octanol–water partition coefficient (Wildman–Crippen LogP) is 5.49. The molecular formula is C27H21ClFN5O2. The fourth-order valence-electron chi connectivity index (χ4n) is 3.62. The number of rotatable bonds is 8.